The first-order valence-corrected chi connectivity index (χ1v) is 8.17. The molecule has 1 aliphatic rings. The molecule has 110 valence electrons. The predicted molar refractivity (Wildman–Crippen MR) is 83.2 cm³/mol. The first-order chi connectivity index (χ1) is 10.1. The maximum atomic E-state index is 5.94. The molecule has 0 fully saturated rings. The third-order valence-electron chi connectivity index (χ3n) is 3.19. The summed E-state index contributed by atoms with van der Waals surface area (Å²) in [6, 6.07) is 6.79. The Hall–Kier alpha value is -1.33. The molecule has 0 bridgehead atoms. The van der Waals surface area contributed by atoms with E-state index in [1.54, 1.807) is 0 Å². The molecule has 0 saturated carbocycles. The Kier molecular flexibility index (Phi) is 4.31. The Balaban J connectivity index is 1.82. The quantitative estimate of drug-likeness (QED) is 0.853. The molecule has 2 aromatic rings. The van der Waals surface area contributed by atoms with Gasteiger partial charge in [-0.25, -0.2) is 0 Å². The first kappa shape index (κ1) is 14.6. The van der Waals surface area contributed by atoms with Crippen LogP contribution in [0.25, 0.3) is 0 Å². The van der Waals surface area contributed by atoms with Gasteiger partial charge in [0.25, 0.3) is 0 Å². The number of nitrogens with zero attached hydrogens (tertiary/aromatic N) is 3. The average Bonchev–Trinajstić information content (AvgIpc) is 2.84. The van der Waals surface area contributed by atoms with Gasteiger partial charge in [0.1, 0.15) is 0 Å². The van der Waals surface area contributed by atoms with Gasteiger partial charge >= 0.3 is 6.01 Å². The van der Waals surface area contributed by atoms with Gasteiger partial charge in [-0.2, -0.15) is 15.0 Å². The molecule has 0 unspecified atom stereocenters. The Morgan fingerprint density at radius 3 is 2.76 bits per heavy atom. The zero-order chi connectivity index (χ0) is 14.8. The highest BCUT2D eigenvalue weighted by atomic mass is 35.5. The molecule has 1 heterocycles. The van der Waals surface area contributed by atoms with Crippen molar-refractivity contribution in [2.24, 2.45) is 0 Å². The molecule has 1 aliphatic carbocycles. The van der Waals surface area contributed by atoms with Crippen LogP contribution in [0.15, 0.2) is 28.3 Å². The number of aryl methyl sites for hydroxylation is 2. The fourth-order valence-electron chi connectivity index (χ4n) is 2.34. The van der Waals surface area contributed by atoms with E-state index >= 15 is 0 Å². The van der Waals surface area contributed by atoms with E-state index in [9.17, 15) is 0 Å². The maximum Gasteiger partial charge on any atom is 0.322 e. The lowest BCUT2D eigenvalue weighted by atomic mass is 10.1. The van der Waals surface area contributed by atoms with Crippen LogP contribution in [0.3, 0.4) is 0 Å². The van der Waals surface area contributed by atoms with Gasteiger partial charge in [-0.1, -0.05) is 6.07 Å². The van der Waals surface area contributed by atoms with Crippen LogP contribution in [0.1, 0.15) is 31.4 Å². The average molecular weight is 322 g/mol. The maximum absolute atomic E-state index is 5.94. The predicted octanol–water partition coefficient (Wildman–Crippen LogP) is 3.95. The van der Waals surface area contributed by atoms with Crippen molar-refractivity contribution in [3.63, 3.8) is 0 Å². The molecule has 0 aliphatic heterocycles. The number of fused-ring (bicyclic) bond motifs is 1. The van der Waals surface area contributed by atoms with Gasteiger partial charge in [0, 0.05) is 4.90 Å². The molecule has 1 aromatic heterocycles. The van der Waals surface area contributed by atoms with Crippen LogP contribution in [0.2, 0.25) is 5.28 Å². The van der Waals surface area contributed by atoms with Gasteiger partial charge < -0.3 is 4.74 Å². The van der Waals surface area contributed by atoms with E-state index in [-0.39, 0.29) is 17.4 Å². The van der Waals surface area contributed by atoms with Gasteiger partial charge in [0.2, 0.25) is 5.28 Å². The summed E-state index contributed by atoms with van der Waals surface area (Å²) < 4.78 is 5.49. The minimum absolute atomic E-state index is 0.00121. The van der Waals surface area contributed by atoms with Crippen LogP contribution in [-0.4, -0.2) is 21.1 Å². The standard InChI is InChI=1S/C15H16ClN3OS/c1-9(2)20-14-17-13(16)18-15(19-14)21-12-7-6-10-4-3-5-11(10)8-12/h6-9H,3-5H2,1-2H3. The lowest BCUT2D eigenvalue weighted by Gasteiger charge is -2.09. The van der Waals surface area contributed by atoms with Crippen LogP contribution in [0.5, 0.6) is 6.01 Å². The van der Waals surface area contributed by atoms with E-state index in [1.165, 1.54) is 35.7 Å². The topological polar surface area (TPSA) is 47.9 Å². The van der Waals surface area contributed by atoms with Crippen molar-refractivity contribution in [2.45, 2.75) is 49.3 Å². The van der Waals surface area contributed by atoms with E-state index in [4.69, 9.17) is 16.3 Å². The second-order valence-electron chi connectivity index (χ2n) is 5.22. The molecule has 0 amide bonds. The van der Waals surface area contributed by atoms with Crippen LogP contribution in [0.4, 0.5) is 0 Å². The molecular formula is C15H16ClN3OS. The molecular weight excluding hydrogens is 306 g/mol. The molecule has 21 heavy (non-hydrogen) atoms. The summed E-state index contributed by atoms with van der Waals surface area (Å²) in [6.07, 6.45) is 3.59. The summed E-state index contributed by atoms with van der Waals surface area (Å²) >= 11 is 7.42. The lowest BCUT2D eigenvalue weighted by Crippen LogP contribution is -2.09. The van der Waals surface area contributed by atoms with Crippen molar-refractivity contribution < 1.29 is 4.74 Å². The lowest BCUT2D eigenvalue weighted by molar-refractivity contribution is 0.219. The number of hydrogen-bond donors (Lipinski definition) is 0. The second-order valence-corrected chi connectivity index (χ2v) is 6.60. The monoisotopic (exact) mass is 321 g/mol. The summed E-state index contributed by atoms with van der Waals surface area (Å²) in [5, 5.41) is 0.716. The molecule has 4 nitrogen and oxygen atoms in total. The number of ether oxygens (including phenoxy) is 1. The second kappa shape index (κ2) is 6.20. The summed E-state index contributed by atoms with van der Waals surface area (Å²) in [4.78, 5) is 13.6. The normalized spacial score (nSPS) is 13.5. The summed E-state index contributed by atoms with van der Waals surface area (Å²) in [5.41, 5.74) is 2.88. The van der Waals surface area contributed by atoms with Crippen molar-refractivity contribution in [3.05, 3.63) is 34.6 Å². The van der Waals surface area contributed by atoms with Crippen LogP contribution >= 0.6 is 23.4 Å². The smallest absolute Gasteiger partial charge is 0.322 e. The molecule has 0 atom stereocenters. The Bertz CT molecular complexity index is 663. The molecule has 0 saturated heterocycles. The van der Waals surface area contributed by atoms with E-state index in [0.717, 1.165) is 11.3 Å². The van der Waals surface area contributed by atoms with E-state index in [2.05, 4.69) is 33.2 Å². The zero-order valence-electron chi connectivity index (χ0n) is 12.0. The third kappa shape index (κ3) is 3.66. The van der Waals surface area contributed by atoms with Crippen molar-refractivity contribution in [1.82, 2.24) is 15.0 Å². The van der Waals surface area contributed by atoms with Gasteiger partial charge in [0.15, 0.2) is 5.16 Å². The largest absolute Gasteiger partial charge is 0.461 e. The summed E-state index contributed by atoms with van der Waals surface area (Å²) in [6.45, 7) is 3.84. The zero-order valence-corrected chi connectivity index (χ0v) is 13.5. The highest BCUT2D eigenvalue weighted by molar-refractivity contribution is 7.99. The van der Waals surface area contributed by atoms with Gasteiger partial charge in [-0.3, -0.25) is 0 Å². The fraction of sp³-hybridized carbons (Fsp3) is 0.400. The van der Waals surface area contributed by atoms with E-state index < -0.39 is 0 Å². The molecule has 0 radical (unpaired) electrons. The van der Waals surface area contributed by atoms with E-state index in [1.807, 2.05) is 13.8 Å². The van der Waals surface area contributed by atoms with Gasteiger partial charge in [-0.15, -0.1) is 0 Å². The van der Waals surface area contributed by atoms with Crippen molar-refractivity contribution >= 4 is 23.4 Å². The van der Waals surface area contributed by atoms with E-state index in [0.29, 0.717) is 5.16 Å². The number of rotatable bonds is 4. The Morgan fingerprint density at radius 1 is 1.14 bits per heavy atom. The molecule has 0 spiro atoms. The number of hydrogen-bond acceptors (Lipinski definition) is 5. The SMILES string of the molecule is CC(C)Oc1nc(Cl)nc(Sc2ccc3c(c2)CCC3)n1. The number of benzene rings is 1. The number of halogens is 1. The molecule has 6 heteroatoms. The van der Waals surface area contributed by atoms with Gasteiger partial charge in [0.05, 0.1) is 6.10 Å². The third-order valence-corrected chi connectivity index (χ3v) is 4.21. The Labute approximate surface area is 133 Å². The highest BCUT2D eigenvalue weighted by Gasteiger charge is 2.13. The van der Waals surface area contributed by atoms with Crippen molar-refractivity contribution in [3.8, 4) is 6.01 Å². The van der Waals surface area contributed by atoms with Crippen molar-refractivity contribution in [2.75, 3.05) is 0 Å². The summed E-state index contributed by atoms with van der Waals surface area (Å²) in [5.74, 6) is 0. The minimum atomic E-state index is 0.00121. The Morgan fingerprint density at radius 2 is 1.95 bits per heavy atom. The summed E-state index contributed by atoms with van der Waals surface area (Å²) in [7, 11) is 0. The fourth-order valence-corrected chi connectivity index (χ4v) is 3.35. The first-order valence-electron chi connectivity index (χ1n) is 6.98. The van der Waals surface area contributed by atoms with Crippen molar-refractivity contribution in [1.29, 1.82) is 0 Å². The highest BCUT2D eigenvalue weighted by Crippen LogP contribution is 2.31. The van der Waals surface area contributed by atoms with Gasteiger partial charge in [-0.05, 0) is 79.7 Å². The minimum Gasteiger partial charge on any atom is -0.461 e. The molecule has 0 N–H and O–H groups in total. The van der Waals surface area contributed by atoms with Crippen LogP contribution < -0.4 is 4.74 Å². The molecule has 3 rings (SSSR count). The molecule has 1 aromatic carbocycles. The number of aromatic nitrogens is 3. The van der Waals surface area contributed by atoms with Crippen LogP contribution in [0, 0.1) is 0 Å². The van der Waals surface area contributed by atoms with Crippen LogP contribution in [-0.2, 0) is 12.8 Å².